The lowest BCUT2D eigenvalue weighted by atomic mass is 10.2. The number of nitrogens with zero attached hydrogens (tertiary/aromatic N) is 2. The van der Waals surface area contributed by atoms with Crippen LogP contribution in [0.3, 0.4) is 0 Å². The van der Waals surface area contributed by atoms with E-state index in [1.165, 1.54) is 7.11 Å². The molecule has 3 rings (SSSR count). The van der Waals surface area contributed by atoms with Crippen molar-refractivity contribution in [3.63, 3.8) is 0 Å². The maximum Gasteiger partial charge on any atom is 0.337 e. The van der Waals surface area contributed by atoms with Crippen LogP contribution in [0.2, 0.25) is 5.02 Å². The van der Waals surface area contributed by atoms with Gasteiger partial charge in [-0.15, -0.1) is 0 Å². The van der Waals surface area contributed by atoms with Crippen molar-refractivity contribution in [1.29, 1.82) is 0 Å². The Morgan fingerprint density at radius 2 is 1.97 bits per heavy atom. The average Bonchev–Trinajstić information content (AvgIpc) is 3.22. The number of thiocarbonyl (C=S) groups is 1. The van der Waals surface area contributed by atoms with Gasteiger partial charge in [-0.1, -0.05) is 16.8 Å². The van der Waals surface area contributed by atoms with Crippen molar-refractivity contribution >= 4 is 40.6 Å². The number of hydrogen-bond acceptors (Lipinski definition) is 7. The van der Waals surface area contributed by atoms with E-state index in [0.717, 1.165) is 11.3 Å². The van der Waals surface area contributed by atoms with Gasteiger partial charge in [0.2, 0.25) is 11.7 Å². The van der Waals surface area contributed by atoms with Crippen molar-refractivity contribution in [2.75, 3.05) is 19.5 Å². The van der Waals surface area contributed by atoms with E-state index in [4.69, 9.17) is 37.8 Å². The average molecular weight is 433 g/mol. The van der Waals surface area contributed by atoms with Gasteiger partial charge in [0.05, 0.1) is 37.0 Å². The summed E-state index contributed by atoms with van der Waals surface area (Å²) in [5.74, 6) is 1.08. The molecular formula is C19H17ClN4O4S. The van der Waals surface area contributed by atoms with Crippen LogP contribution in [-0.2, 0) is 11.3 Å². The third-order valence-corrected chi connectivity index (χ3v) is 4.43. The summed E-state index contributed by atoms with van der Waals surface area (Å²) in [7, 11) is 2.91. The highest BCUT2D eigenvalue weighted by Gasteiger charge is 2.12. The van der Waals surface area contributed by atoms with E-state index in [1.807, 2.05) is 24.3 Å². The van der Waals surface area contributed by atoms with E-state index in [2.05, 4.69) is 20.8 Å². The molecule has 2 aromatic carbocycles. The number of methoxy groups -OCH3 is 2. The van der Waals surface area contributed by atoms with Crippen LogP contribution in [0.25, 0.3) is 11.4 Å². The number of esters is 1. The second-order valence-electron chi connectivity index (χ2n) is 5.73. The maximum atomic E-state index is 11.7. The Balaban J connectivity index is 1.60. The molecule has 29 heavy (non-hydrogen) atoms. The van der Waals surface area contributed by atoms with Gasteiger partial charge in [-0.05, 0) is 54.7 Å². The number of ether oxygens (including phenoxy) is 2. The van der Waals surface area contributed by atoms with Crippen LogP contribution >= 0.6 is 23.8 Å². The summed E-state index contributed by atoms with van der Waals surface area (Å²) in [6, 6.07) is 12.0. The van der Waals surface area contributed by atoms with E-state index in [9.17, 15) is 4.79 Å². The second-order valence-corrected chi connectivity index (χ2v) is 6.55. The van der Waals surface area contributed by atoms with E-state index < -0.39 is 5.97 Å². The number of carbonyl (C=O) groups excluding carboxylic acids is 1. The standard InChI is InChI=1S/C19H17ClN4O4S/c1-26-13-6-3-11(4-7-13)17-23-16(28-24-17)10-21-19(29)22-15-9-12(18(25)27-2)5-8-14(15)20/h3-9H,10H2,1-2H3,(H2,21,22,29). The van der Waals surface area contributed by atoms with Gasteiger partial charge in [0, 0.05) is 5.56 Å². The van der Waals surface area contributed by atoms with Gasteiger partial charge in [0.15, 0.2) is 5.11 Å². The molecule has 0 amide bonds. The number of hydrogen-bond donors (Lipinski definition) is 2. The van der Waals surface area contributed by atoms with E-state index in [0.29, 0.717) is 28.0 Å². The topological polar surface area (TPSA) is 98.5 Å². The van der Waals surface area contributed by atoms with Crippen molar-refractivity contribution in [2.45, 2.75) is 6.54 Å². The van der Waals surface area contributed by atoms with Crippen molar-refractivity contribution in [3.05, 3.63) is 58.9 Å². The zero-order valence-electron chi connectivity index (χ0n) is 15.6. The largest absolute Gasteiger partial charge is 0.497 e. The lowest BCUT2D eigenvalue weighted by Crippen LogP contribution is -2.28. The summed E-state index contributed by atoms with van der Waals surface area (Å²) >= 11 is 11.4. The van der Waals surface area contributed by atoms with Crippen molar-refractivity contribution < 1.29 is 18.8 Å². The first-order valence-electron chi connectivity index (χ1n) is 8.40. The predicted octanol–water partition coefficient (Wildman–Crippen LogP) is 3.67. The van der Waals surface area contributed by atoms with Crippen LogP contribution in [0.5, 0.6) is 5.75 Å². The minimum absolute atomic E-state index is 0.212. The van der Waals surface area contributed by atoms with E-state index >= 15 is 0 Å². The fourth-order valence-electron chi connectivity index (χ4n) is 2.37. The first-order valence-corrected chi connectivity index (χ1v) is 9.18. The highest BCUT2D eigenvalue weighted by atomic mass is 35.5. The molecule has 0 aliphatic rings. The quantitative estimate of drug-likeness (QED) is 0.446. The first-order chi connectivity index (χ1) is 14.0. The third-order valence-electron chi connectivity index (χ3n) is 3.85. The van der Waals surface area contributed by atoms with Crippen molar-refractivity contribution in [2.24, 2.45) is 0 Å². The second kappa shape index (κ2) is 9.35. The minimum atomic E-state index is -0.472. The zero-order chi connectivity index (χ0) is 20.8. The summed E-state index contributed by atoms with van der Waals surface area (Å²) in [4.78, 5) is 16.0. The first kappa shape index (κ1) is 20.6. The van der Waals surface area contributed by atoms with Gasteiger partial charge in [0.25, 0.3) is 0 Å². The van der Waals surface area contributed by atoms with Gasteiger partial charge in [-0.2, -0.15) is 4.98 Å². The minimum Gasteiger partial charge on any atom is -0.497 e. The SMILES string of the molecule is COC(=O)c1ccc(Cl)c(NC(=S)NCc2nc(-c3ccc(OC)cc3)no2)c1. The summed E-state index contributed by atoms with van der Waals surface area (Å²) in [5.41, 5.74) is 1.62. The smallest absolute Gasteiger partial charge is 0.337 e. The number of aromatic nitrogens is 2. The van der Waals surface area contributed by atoms with Gasteiger partial charge in [0.1, 0.15) is 5.75 Å². The van der Waals surface area contributed by atoms with Gasteiger partial charge in [-0.3, -0.25) is 0 Å². The Labute approximate surface area is 177 Å². The Bertz CT molecular complexity index is 1020. The maximum absolute atomic E-state index is 11.7. The van der Waals surface area contributed by atoms with Crippen LogP contribution in [0.4, 0.5) is 5.69 Å². The number of rotatable bonds is 6. The molecule has 0 saturated carbocycles. The lowest BCUT2D eigenvalue weighted by molar-refractivity contribution is 0.0601. The molecule has 0 radical (unpaired) electrons. The molecule has 0 bridgehead atoms. The summed E-state index contributed by atoms with van der Waals surface area (Å²) in [6.07, 6.45) is 0. The van der Waals surface area contributed by atoms with Crippen LogP contribution in [-0.4, -0.2) is 35.4 Å². The molecule has 10 heteroatoms. The molecular weight excluding hydrogens is 416 g/mol. The molecule has 0 aliphatic carbocycles. The van der Waals surface area contributed by atoms with Crippen LogP contribution in [0.15, 0.2) is 47.0 Å². The fraction of sp³-hybridized carbons (Fsp3) is 0.158. The van der Waals surface area contributed by atoms with Gasteiger partial charge in [-0.25, -0.2) is 4.79 Å². The molecule has 0 saturated heterocycles. The number of anilines is 1. The summed E-state index contributed by atoms with van der Waals surface area (Å²) < 4.78 is 15.1. The molecule has 150 valence electrons. The van der Waals surface area contributed by atoms with E-state index in [-0.39, 0.29) is 11.7 Å². The molecule has 1 aromatic heterocycles. The number of nitrogens with one attached hydrogen (secondary N) is 2. The monoisotopic (exact) mass is 432 g/mol. The molecule has 0 atom stereocenters. The lowest BCUT2D eigenvalue weighted by Gasteiger charge is -2.11. The van der Waals surface area contributed by atoms with Crippen molar-refractivity contribution in [3.8, 4) is 17.1 Å². The molecule has 2 N–H and O–H groups in total. The third kappa shape index (κ3) is 5.21. The zero-order valence-corrected chi connectivity index (χ0v) is 17.1. The molecule has 0 aliphatic heterocycles. The summed E-state index contributed by atoms with van der Waals surface area (Å²) in [6.45, 7) is 0.212. The van der Waals surface area contributed by atoms with Crippen molar-refractivity contribution in [1.82, 2.24) is 15.5 Å². The predicted molar refractivity (Wildman–Crippen MR) is 112 cm³/mol. The van der Waals surface area contributed by atoms with E-state index in [1.54, 1.807) is 25.3 Å². The Kier molecular flexibility index (Phi) is 6.63. The molecule has 0 spiro atoms. The Hall–Kier alpha value is -3.17. The molecule has 1 heterocycles. The van der Waals surface area contributed by atoms with Gasteiger partial charge < -0.3 is 24.6 Å². The van der Waals surface area contributed by atoms with Crippen LogP contribution in [0, 0.1) is 0 Å². The molecule has 0 fully saturated rings. The van der Waals surface area contributed by atoms with Gasteiger partial charge >= 0.3 is 5.97 Å². The fourth-order valence-corrected chi connectivity index (χ4v) is 2.72. The summed E-state index contributed by atoms with van der Waals surface area (Å²) in [5, 5.41) is 10.5. The molecule has 3 aromatic rings. The Morgan fingerprint density at radius 1 is 1.21 bits per heavy atom. The number of carbonyl (C=O) groups is 1. The normalized spacial score (nSPS) is 10.3. The highest BCUT2D eigenvalue weighted by molar-refractivity contribution is 7.80. The van der Waals surface area contributed by atoms with Crippen LogP contribution in [0.1, 0.15) is 16.2 Å². The van der Waals surface area contributed by atoms with Crippen LogP contribution < -0.4 is 15.4 Å². The number of benzene rings is 2. The Morgan fingerprint density at radius 3 is 2.66 bits per heavy atom. The molecule has 0 unspecified atom stereocenters. The highest BCUT2D eigenvalue weighted by Crippen LogP contribution is 2.23. The number of halogens is 1. The molecule has 8 nitrogen and oxygen atoms in total.